The molecule has 32 heavy (non-hydrogen) atoms. The van der Waals surface area contributed by atoms with Gasteiger partial charge in [0.1, 0.15) is 6.04 Å². The van der Waals surface area contributed by atoms with E-state index in [-0.39, 0.29) is 19.1 Å². The third kappa shape index (κ3) is 4.66. The maximum absolute atomic E-state index is 12.8. The molecule has 4 rings (SSSR count). The first-order valence-electron chi connectivity index (χ1n) is 10.6. The van der Waals surface area contributed by atoms with Gasteiger partial charge in [-0.25, -0.2) is 0 Å². The molecule has 0 spiro atoms. The van der Waals surface area contributed by atoms with Crippen LogP contribution >= 0.6 is 0 Å². The lowest BCUT2D eigenvalue weighted by molar-refractivity contribution is -0.605. The molecule has 1 aliphatic carbocycles. The van der Waals surface area contributed by atoms with Crippen molar-refractivity contribution in [2.75, 3.05) is 7.11 Å². The fraction of sp³-hybridized carbons (Fsp3) is 0.391. The Hall–Kier alpha value is -3.62. The van der Waals surface area contributed by atoms with Gasteiger partial charge in [-0.1, -0.05) is 0 Å². The lowest BCUT2D eigenvalue weighted by Crippen LogP contribution is -2.41. The molecule has 1 atom stereocenters. The Balaban J connectivity index is 1.44. The highest BCUT2D eigenvalue weighted by Gasteiger charge is 2.39. The summed E-state index contributed by atoms with van der Waals surface area (Å²) in [4.78, 5) is 39.0. The number of ether oxygens (including phenoxy) is 2. The van der Waals surface area contributed by atoms with Gasteiger partial charge in [0.2, 0.25) is 5.91 Å². The summed E-state index contributed by atoms with van der Waals surface area (Å²) < 4.78 is 12.0. The van der Waals surface area contributed by atoms with E-state index in [1.165, 1.54) is 19.5 Å². The smallest absolute Gasteiger partial charge is 0.252 e. The summed E-state index contributed by atoms with van der Waals surface area (Å²) in [6.45, 7) is -0.0188. The molecular formula is C23H25N3O6. The third-order valence-corrected chi connectivity index (χ3v) is 5.75. The molecule has 3 amide bonds. The molecule has 9 nitrogen and oxygen atoms in total. The molecule has 2 fully saturated rings. The molecule has 0 unspecified atom stereocenters. The number of imide groups is 1. The van der Waals surface area contributed by atoms with Gasteiger partial charge < -0.3 is 20.0 Å². The Kier molecular flexibility index (Phi) is 6.25. The molecule has 9 heteroatoms. The Morgan fingerprint density at radius 2 is 2.00 bits per heavy atom. The van der Waals surface area contributed by atoms with E-state index >= 15 is 0 Å². The molecule has 1 saturated heterocycles. The number of nitrogens with zero attached hydrogens (tertiary/aromatic N) is 2. The van der Waals surface area contributed by atoms with Gasteiger partial charge in [-0.15, -0.1) is 0 Å². The number of methoxy groups -OCH3 is 1. The van der Waals surface area contributed by atoms with Crippen molar-refractivity contribution in [1.29, 1.82) is 0 Å². The minimum absolute atomic E-state index is 0.0188. The van der Waals surface area contributed by atoms with Gasteiger partial charge in [-0.2, -0.15) is 4.73 Å². The van der Waals surface area contributed by atoms with E-state index in [0.29, 0.717) is 27.4 Å². The SMILES string of the molecule is COc1ccc(C(=O)N[C@H]2CC(=O)N(Cc3ccc[n+]([O-])c3)C2=O)cc1OC1CCCC1. The normalized spacial score (nSPS) is 18.8. The third-order valence-electron chi connectivity index (χ3n) is 5.75. The highest BCUT2D eigenvalue weighted by molar-refractivity contribution is 6.08. The number of pyridine rings is 1. The molecule has 1 aromatic carbocycles. The van der Waals surface area contributed by atoms with E-state index in [4.69, 9.17) is 9.47 Å². The van der Waals surface area contributed by atoms with E-state index in [0.717, 1.165) is 30.6 Å². The largest absolute Gasteiger partial charge is 0.619 e. The van der Waals surface area contributed by atoms with Crippen molar-refractivity contribution in [3.8, 4) is 11.5 Å². The highest BCUT2D eigenvalue weighted by atomic mass is 16.5. The van der Waals surface area contributed by atoms with Crippen LogP contribution in [-0.2, 0) is 16.1 Å². The molecule has 2 heterocycles. The summed E-state index contributed by atoms with van der Waals surface area (Å²) in [5.41, 5.74) is 0.841. The van der Waals surface area contributed by atoms with Crippen molar-refractivity contribution >= 4 is 17.7 Å². The van der Waals surface area contributed by atoms with Crippen LogP contribution < -0.4 is 19.5 Å². The van der Waals surface area contributed by atoms with Gasteiger partial charge in [0, 0.05) is 17.2 Å². The van der Waals surface area contributed by atoms with E-state index in [1.807, 2.05) is 0 Å². The number of amides is 3. The summed E-state index contributed by atoms with van der Waals surface area (Å²) >= 11 is 0. The van der Waals surface area contributed by atoms with Crippen LogP contribution in [0.3, 0.4) is 0 Å². The van der Waals surface area contributed by atoms with Crippen LogP contribution in [0.15, 0.2) is 42.7 Å². The molecule has 168 valence electrons. The summed E-state index contributed by atoms with van der Waals surface area (Å²) in [5, 5.41) is 14.1. The number of carbonyl (C=O) groups excluding carboxylic acids is 3. The maximum Gasteiger partial charge on any atom is 0.252 e. The monoisotopic (exact) mass is 439 g/mol. The summed E-state index contributed by atoms with van der Waals surface area (Å²) in [5.74, 6) is -0.362. The van der Waals surface area contributed by atoms with E-state index in [9.17, 15) is 19.6 Å². The summed E-state index contributed by atoms with van der Waals surface area (Å²) in [6.07, 6.45) is 6.73. The van der Waals surface area contributed by atoms with E-state index < -0.39 is 23.8 Å². The molecule has 1 N–H and O–H groups in total. The zero-order valence-corrected chi connectivity index (χ0v) is 17.8. The first-order valence-corrected chi connectivity index (χ1v) is 10.6. The molecular weight excluding hydrogens is 414 g/mol. The fourth-order valence-corrected chi connectivity index (χ4v) is 4.08. The van der Waals surface area contributed by atoms with Crippen molar-refractivity contribution < 1.29 is 28.6 Å². The number of hydrogen-bond donors (Lipinski definition) is 1. The standard InChI is InChI=1S/C23H25N3O6/c1-31-19-9-8-16(11-20(19)32-17-6-2-3-7-17)22(28)24-18-12-21(27)26(23(18)29)14-15-5-4-10-25(30)13-15/h4-5,8-11,13,17-18H,2-3,6-7,12,14H2,1H3,(H,24,28)/t18-/m0/s1. The minimum Gasteiger partial charge on any atom is -0.619 e. The van der Waals surface area contributed by atoms with Gasteiger partial charge in [0.25, 0.3) is 11.8 Å². The number of hydrogen-bond acceptors (Lipinski definition) is 6. The van der Waals surface area contributed by atoms with Gasteiger partial charge in [-0.3, -0.25) is 19.3 Å². The second kappa shape index (κ2) is 9.25. The van der Waals surface area contributed by atoms with E-state index in [1.54, 1.807) is 30.3 Å². The number of carbonyl (C=O) groups is 3. The van der Waals surface area contributed by atoms with Crippen molar-refractivity contribution in [1.82, 2.24) is 10.2 Å². The zero-order valence-electron chi connectivity index (χ0n) is 17.8. The molecule has 2 aromatic rings. The quantitative estimate of drug-likeness (QED) is 0.399. The fourth-order valence-electron chi connectivity index (χ4n) is 4.08. The Bertz CT molecular complexity index is 1030. The van der Waals surface area contributed by atoms with Crippen molar-refractivity contribution in [3.05, 3.63) is 59.1 Å². The average molecular weight is 439 g/mol. The van der Waals surface area contributed by atoms with Crippen LogP contribution in [0.4, 0.5) is 0 Å². The Morgan fingerprint density at radius 3 is 2.72 bits per heavy atom. The predicted octanol–water partition coefficient (Wildman–Crippen LogP) is 1.71. The lowest BCUT2D eigenvalue weighted by atomic mass is 10.1. The Labute approximate surface area is 185 Å². The van der Waals surface area contributed by atoms with E-state index in [2.05, 4.69) is 5.32 Å². The van der Waals surface area contributed by atoms with Gasteiger partial charge in [-0.05, 0) is 49.9 Å². The van der Waals surface area contributed by atoms with Crippen LogP contribution in [0.1, 0.15) is 48.0 Å². The summed E-state index contributed by atoms with van der Waals surface area (Å²) in [7, 11) is 1.54. The van der Waals surface area contributed by atoms with Crippen LogP contribution in [-0.4, -0.2) is 41.9 Å². The highest BCUT2D eigenvalue weighted by Crippen LogP contribution is 2.32. The first kappa shape index (κ1) is 21.6. The first-order chi connectivity index (χ1) is 15.4. The molecule has 0 bridgehead atoms. The predicted molar refractivity (Wildman–Crippen MR) is 113 cm³/mol. The molecule has 1 aliphatic heterocycles. The topological polar surface area (TPSA) is 112 Å². The van der Waals surface area contributed by atoms with Crippen LogP contribution in [0.25, 0.3) is 0 Å². The molecule has 0 radical (unpaired) electrons. The number of benzene rings is 1. The van der Waals surface area contributed by atoms with Crippen molar-refractivity contribution in [2.24, 2.45) is 0 Å². The van der Waals surface area contributed by atoms with Gasteiger partial charge in [0.05, 0.1) is 26.2 Å². The van der Waals surface area contributed by atoms with Gasteiger partial charge in [0.15, 0.2) is 23.9 Å². The number of nitrogens with one attached hydrogen (secondary N) is 1. The number of likely N-dealkylation sites (tertiary alicyclic amines) is 1. The molecule has 1 aromatic heterocycles. The lowest BCUT2D eigenvalue weighted by Gasteiger charge is -2.17. The van der Waals surface area contributed by atoms with Crippen LogP contribution in [0, 0.1) is 5.21 Å². The average Bonchev–Trinajstić information content (AvgIpc) is 3.37. The molecule has 1 saturated carbocycles. The number of aromatic nitrogens is 1. The van der Waals surface area contributed by atoms with Crippen LogP contribution in [0.2, 0.25) is 0 Å². The zero-order chi connectivity index (χ0) is 22.7. The minimum atomic E-state index is -0.959. The van der Waals surface area contributed by atoms with Crippen molar-refractivity contribution in [3.63, 3.8) is 0 Å². The van der Waals surface area contributed by atoms with Gasteiger partial charge >= 0.3 is 0 Å². The molecule has 2 aliphatic rings. The number of rotatable bonds is 7. The van der Waals surface area contributed by atoms with Crippen LogP contribution in [0.5, 0.6) is 11.5 Å². The van der Waals surface area contributed by atoms with Crippen molar-refractivity contribution in [2.45, 2.75) is 50.8 Å². The Morgan fingerprint density at radius 1 is 1.22 bits per heavy atom. The maximum atomic E-state index is 12.8. The summed E-state index contributed by atoms with van der Waals surface area (Å²) in [6, 6.07) is 7.08. The second-order valence-electron chi connectivity index (χ2n) is 8.01. The second-order valence-corrected chi connectivity index (χ2v) is 8.01.